The number of rotatable bonds is 3. The molecular weight excluding hydrogens is 240 g/mol. The average Bonchev–Trinajstić information content (AvgIpc) is 2.82. The minimum absolute atomic E-state index is 0.209. The summed E-state index contributed by atoms with van der Waals surface area (Å²) in [5.74, 6) is 1.93. The number of nitrogens with one attached hydrogen (secondary N) is 1. The number of nitrogens with two attached hydrogens (primary N) is 1. The largest absolute Gasteiger partial charge is 0.478 e. The normalized spacial score (nSPS) is 23.7. The second-order valence-electron chi connectivity index (χ2n) is 5.13. The van der Waals surface area contributed by atoms with Crippen LogP contribution >= 0.6 is 0 Å². The van der Waals surface area contributed by atoms with Crippen LogP contribution in [0.1, 0.15) is 44.3 Å². The van der Waals surface area contributed by atoms with Gasteiger partial charge in [-0.3, -0.25) is 0 Å². The SMILES string of the molecule is CCOc1ccc2[nH]c(C3CCCCC3N)nc2n1. The number of aromatic amines is 1. The van der Waals surface area contributed by atoms with Crippen LogP contribution < -0.4 is 10.5 Å². The first-order valence-electron chi connectivity index (χ1n) is 7.03. The monoisotopic (exact) mass is 260 g/mol. The highest BCUT2D eigenvalue weighted by molar-refractivity contribution is 5.71. The van der Waals surface area contributed by atoms with Crippen LogP contribution in [0.5, 0.6) is 5.88 Å². The molecule has 2 heterocycles. The number of hydrogen-bond donors (Lipinski definition) is 2. The van der Waals surface area contributed by atoms with Gasteiger partial charge in [-0.25, -0.2) is 4.98 Å². The molecule has 19 heavy (non-hydrogen) atoms. The van der Waals surface area contributed by atoms with Gasteiger partial charge in [-0.2, -0.15) is 4.98 Å². The van der Waals surface area contributed by atoms with Crippen LogP contribution in [0, 0.1) is 0 Å². The van der Waals surface area contributed by atoms with Gasteiger partial charge >= 0.3 is 0 Å². The summed E-state index contributed by atoms with van der Waals surface area (Å²) in [7, 11) is 0. The Labute approximate surface area is 112 Å². The molecule has 0 bridgehead atoms. The first-order chi connectivity index (χ1) is 9.28. The van der Waals surface area contributed by atoms with Gasteiger partial charge in [-0.05, 0) is 25.8 Å². The Bertz CT molecular complexity index is 566. The van der Waals surface area contributed by atoms with Crippen molar-refractivity contribution >= 4 is 11.2 Å². The number of H-pyrrole nitrogens is 1. The summed E-state index contributed by atoms with van der Waals surface area (Å²) in [4.78, 5) is 12.4. The number of hydrogen-bond acceptors (Lipinski definition) is 4. The minimum Gasteiger partial charge on any atom is -0.478 e. The highest BCUT2D eigenvalue weighted by Gasteiger charge is 2.26. The van der Waals surface area contributed by atoms with E-state index >= 15 is 0 Å². The molecule has 3 N–H and O–H groups in total. The Hall–Kier alpha value is -1.62. The van der Waals surface area contributed by atoms with Crippen LogP contribution in [-0.4, -0.2) is 27.6 Å². The summed E-state index contributed by atoms with van der Waals surface area (Å²) in [6, 6.07) is 4.05. The van der Waals surface area contributed by atoms with Gasteiger partial charge in [-0.15, -0.1) is 0 Å². The number of ether oxygens (including phenoxy) is 1. The molecule has 0 saturated heterocycles. The predicted molar refractivity (Wildman–Crippen MR) is 74.2 cm³/mol. The number of fused-ring (bicyclic) bond motifs is 1. The lowest BCUT2D eigenvalue weighted by atomic mass is 9.84. The van der Waals surface area contributed by atoms with E-state index in [-0.39, 0.29) is 6.04 Å². The summed E-state index contributed by atoms with van der Waals surface area (Å²) in [6.07, 6.45) is 4.65. The maximum absolute atomic E-state index is 6.21. The molecule has 0 aliphatic heterocycles. The van der Waals surface area contributed by atoms with E-state index in [1.165, 1.54) is 12.8 Å². The van der Waals surface area contributed by atoms with Crippen molar-refractivity contribution in [1.29, 1.82) is 0 Å². The Morgan fingerprint density at radius 2 is 2.16 bits per heavy atom. The summed E-state index contributed by atoms with van der Waals surface area (Å²) in [5, 5.41) is 0. The van der Waals surface area contributed by atoms with E-state index in [2.05, 4.69) is 15.0 Å². The van der Waals surface area contributed by atoms with Crippen molar-refractivity contribution in [2.24, 2.45) is 5.73 Å². The topological polar surface area (TPSA) is 76.8 Å². The first-order valence-corrected chi connectivity index (χ1v) is 7.03. The lowest BCUT2D eigenvalue weighted by Gasteiger charge is -2.26. The summed E-state index contributed by atoms with van der Waals surface area (Å²) in [6.45, 7) is 2.56. The summed E-state index contributed by atoms with van der Waals surface area (Å²) >= 11 is 0. The van der Waals surface area contributed by atoms with Crippen LogP contribution in [0.3, 0.4) is 0 Å². The number of imidazole rings is 1. The lowest BCUT2D eigenvalue weighted by Crippen LogP contribution is -2.31. The van der Waals surface area contributed by atoms with Gasteiger partial charge in [0.25, 0.3) is 0 Å². The van der Waals surface area contributed by atoms with Gasteiger partial charge in [0.05, 0.1) is 12.1 Å². The zero-order chi connectivity index (χ0) is 13.2. The van der Waals surface area contributed by atoms with E-state index in [1.54, 1.807) is 0 Å². The van der Waals surface area contributed by atoms with Crippen LogP contribution in [0.25, 0.3) is 11.2 Å². The maximum Gasteiger partial charge on any atom is 0.215 e. The molecule has 1 fully saturated rings. The van der Waals surface area contributed by atoms with Crippen LogP contribution in [0.4, 0.5) is 0 Å². The molecule has 0 spiro atoms. The lowest BCUT2D eigenvalue weighted by molar-refractivity contribution is 0.328. The van der Waals surface area contributed by atoms with E-state index < -0.39 is 0 Å². The molecule has 3 rings (SSSR count). The summed E-state index contributed by atoms with van der Waals surface area (Å²) < 4.78 is 5.40. The second-order valence-corrected chi connectivity index (χ2v) is 5.13. The van der Waals surface area contributed by atoms with E-state index in [0.717, 1.165) is 29.8 Å². The van der Waals surface area contributed by atoms with Gasteiger partial charge in [-0.1, -0.05) is 12.8 Å². The van der Waals surface area contributed by atoms with Gasteiger partial charge in [0, 0.05) is 18.0 Å². The molecule has 2 aromatic heterocycles. The first kappa shape index (κ1) is 12.4. The Morgan fingerprint density at radius 3 is 2.95 bits per heavy atom. The fraction of sp³-hybridized carbons (Fsp3) is 0.571. The molecule has 1 aliphatic rings. The summed E-state index contributed by atoms with van der Waals surface area (Å²) in [5.41, 5.74) is 7.88. The van der Waals surface area contributed by atoms with Crippen LogP contribution in [0.15, 0.2) is 12.1 Å². The van der Waals surface area contributed by atoms with E-state index in [4.69, 9.17) is 10.5 Å². The molecule has 1 saturated carbocycles. The third kappa shape index (κ3) is 2.42. The van der Waals surface area contributed by atoms with Gasteiger partial charge < -0.3 is 15.5 Å². The molecule has 1 aliphatic carbocycles. The Morgan fingerprint density at radius 1 is 1.32 bits per heavy atom. The number of pyridine rings is 1. The van der Waals surface area contributed by atoms with E-state index in [9.17, 15) is 0 Å². The number of aromatic nitrogens is 3. The van der Waals surface area contributed by atoms with Crippen molar-refractivity contribution in [3.63, 3.8) is 0 Å². The quantitative estimate of drug-likeness (QED) is 0.888. The van der Waals surface area contributed by atoms with Crippen molar-refractivity contribution in [1.82, 2.24) is 15.0 Å². The predicted octanol–water partition coefficient (Wildman–Crippen LogP) is 2.34. The molecule has 2 atom stereocenters. The zero-order valence-electron chi connectivity index (χ0n) is 11.2. The molecule has 0 aromatic carbocycles. The highest BCUT2D eigenvalue weighted by Crippen LogP contribution is 2.31. The van der Waals surface area contributed by atoms with Crippen molar-refractivity contribution < 1.29 is 4.74 Å². The smallest absolute Gasteiger partial charge is 0.215 e. The third-order valence-electron chi connectivity index (χ3n) is 3.80. The van der Waals surface area contributed by atoms with Crippen molar-refractivity contribution in [3.8, 4) is 5.88 Å². The maximum atomic E-state index is 6.21. The van der Waals surface area contributed by atoms with Gasteiger partial charge in [0.2, 0.25) is 5.88 Å². The fourth-order valence-corrected chi connectivity index (χ4v) is 2.80. The average molecular weight is 260 g/mol. The van der Waals surface area contributed by atoms with Crippen molar-refractivity contribution in [2.45, 2.75) is 44.6 Å². The number of nitrogens with zero attached hydrogens (tertiary/aromatic N) is 2. The molecule has 5 nitrogen and oxygen atoms in total. The molecule has 5 heteroatoms. The highest BCUT2D eigenvalue weighted by atomic mass is 16.5. The van der Waals surface area contributed by atoms with Crippen molar-refractivity contribution in [3.05, 3.63) is 18.0 Å². The Balaban J connectivity index is 1.92. The third-order valence-corrected chi connectivity index (χ3v) is 3.80. The molecular formula is C14H20N4O. The Kier molecular flexibility index (Phi) is 3.38. The molecule has 2 unspecified atom stereocenters. The molecule has 102 valence electrons. The molecule has 0 amide bonds. The van der Waals surface area contributed by atoms with E-state index in [1.807, 2.05) is 19.1 Å². The van der Waals surface area contributed by atoms with Crippen molar-refractivity contribution in [2.75, 3.05) is 6.61 Å². The standard InChI is InChI=1S/C14H20N4O/c1-2-19-12-8-7-11-14(17-12)18-13(16-11)9-5-3-4-6-10(9)15/h7-10H,2-6,15H2,1H3,(H,16,17,18). The van der Waals surface area contributed by atoms with E-state index in [0.29, 0.717) is 18.4 Å². The van der Waals surface area contributed by atoms with Gasteiger partial charge in [0.15, 0.2) is 5.65 Å². The van der Waals surface area contributed by atoms with Gasteiger partial charge in [0.1, 0.15) is 5.82 Å². The zero-order valence-corrected chi connectivity index (χ0v) is 11.2. The second kappa shape index (κ2) is 5.17. The minimum atomic E-state index is 0.209. The molecule has 2 aromatic rings. The fourth-order valence-electron chi connectivity index (χ4n) is 2.80. The van der Waals surface area contributed by atoms with Crippen LogP contribution in [0.2, 0.25) is 0 Å². The van der Waals surface area contributed by atoms with Crippen LogP contribution in [-0.2, 0) is 0 Å². The molecule has 0 radical (unpaired) electrons.